The lowest BCUT2D eigenvalue weighted by Gasteiger charge is -2.09. The first-order valence-electron chi connectivity index (χ1n) is 5.30. The molecule has 19 heavy (non-hydrogen) atoms. The highest BCUT2D eigenvalue weighted by Crippen LogP contribution is 2.06. The summed E-state index contributed by atoms with van der Waals surface area (Å²) in [6, 6.07) is -2.88. The Hall–Kier alpha value is -2.49. The molecule has 2 atom stereocenters. The second-order valence-corrected chi connectivity index (χ2v) is 3.87. The number of carbonyl (C=O) groups excluding carboxylic acids is 2. The number of carboxylic acids is 1. The molecule has 1 rings (SSSR count). The van der Waals surface area contributed by atoms with Crippen molar-refractivity contribution in [1.82, 2.24) is 20.3 Å². The van der Waals surface area contributed by atoms with Gasteiger partial charge in [0.05, 0.1) is 5.69 Å². The van der Waals surface area contributed by atoms with Crippen LogP contribution in [-0.4, -0.2) is 44.0 Å². The largest absolute Gasteiger partial charge is 0.480 e. The van der Waals surface area contributed by atoms with E-state index in [0.29, 0.717) is 5.69 Å². The van der Waals surface area contributed by atoms with Gasteiger partial charge in [0.25, 0.3) is 5.91 Å². The monoisotopic (exact) mass is 270 g/mol. The molecule has 6 N–H and O–H groups in total. The SMILES string of the molecule is CC(C(=O)NC(N)=O)n1cc(CC(N)C(=O)O)nn1. The lowest BCUT2D eigenvalue weighted by Crippen LogP contribution is -2.39. The minimum absolute atomic E-state index is 0.0144. The fourth-order valence-corrected chi connectivity index (χ4v) is 1.25. The fourth-order valence-electron chi connectivity index (χ4n) is 1.25. The Morgan fingerprint density at radius 2 is 2.16 bits per heavy atom. The van der Waals surface area contributed by atoms with E-state index in [2.05, 4.69) is 10.3 Å². The van der Waals surface area contributed by atoms with Gasteiger partial charge >= 0.3 is 12.0 Å². The van der Waals surface area contributed by atoms with Gasteiger partial charge in [0.2, 0.25) is 0 Å². The summed E-state index contributed by atoms with van der Waals surface area (Å²) >= 11 is 0. The van der Waals surface area contributed by atoms with Crippen molar-refractivity contribution in [2.75, 3.05) is 0 Å². The molecule has 0 aromatic carbocycles. The molecule has 0 saturated carbocycles. The van der Waals surface area contributed by atoms with E-state index < -0.39 is 30.0 Å². The number of aromatic nitrogens is 3. The molecule has 1 aromatic heterocycles. The molecular formula is C9H14N6O4. The van der Waals surface area contributed by atoms with Crippen LogP contribution >= 0.6 is 0 Å². The number of carbonyl (C=O) groups is 3. The van der Waals surface area contributed by atoms with Crippen molar-refractivity contribution in [3.05, 3.63) is 11.9 Å². The smallest absolute Gasteiger partial charge is 0.320 e. The number of nitrogens with two attached hydrogens (primary N) is 2. The summed E-state index contributed by atoms with van der Waals surface area (Å²) in [5.74, 6) is -1.81. The summed E-state index contributed by atoms with van der Waals surface area (Å²) in [5, 5.41) is 17.9. The molecule has 1 aromatic rings. The van der Waals surface area contributed by atoms with Gasteiger partial charge in [-0.05, 0) is 6.92 Å². The number of hydrogen-bond donors (Lipinski definition) is 4. The molecule has 0 aliphatic carbocycles. The minimum atomic E-state index is -1.16. The van der Waals surface area contributed by atoms with Gasteiger partial charge in [-0.15, -0.1) is 5.10 Å². The number of rotatable bonds is 5. The number of amides is 3. The minimum Gasteiger partial charge on any atom is -0.480 e. The average Bonchev–Trinajstić information content (AvgIpc) is 2.75. The summed E-state index contributed by atoms with van der Waals surface area (Å²) in [7, 11) is 0. The van der Waals surface area contributed by atoms with Gasteiger partial charge in [0.1, 0.15) is 12.1 Å². The van der Waals surface area contributed by atoms with E-state index >= 15 is 0 Å². The summed E-state index contributed by atoms with van der Waals surface area (Å²) < 4.78 is 1.18. The van der Waals surface area contributed by atoms with Crippen LogP contribution in [0.15, 0.2) is 6.20 Å². The molecule has 2 unspecified atom stereocenters. The number of imide groups is 1. The summed E-state index contributed by atoms with van der Waals surface area (Å²) in [6.07, 6.45) is 1.37. The first-order valence-corrected chi connectivity index (χ1v) is 5.30. The van der Waals surface area contributed by atoms with Crippen LogP contribution in [0.25, 0.3) is 0 Å². The number of carboxylic acid groups (broad SMARTS) is 1. The lowest BCUT2D eigenvalue weighted by molar-refractivity contribution is -0.138. The van der Waals surface area contributed by atoms with Crippen molar-refractivity contribution in [1.29, 1.82) is 0 Å². The highest BCUT2D eigenvalue weighted by atomic mass is 16.4. The Morgan fingerprint density at radius 3 is 2.68 bits per heavy atom. The second kappa shape index (κ2) is 5.91. The number of primary amides is 1. The standard InChI is InChI=1S/C9H14N6O4/c1-4(7(16)12-9(11)19)15-3-5(13-14-15)2-6(10)8(17)18/h3-4,6H,2,10H2,1H3,(H,17,18)(H3,11,12,16,19). The van der Waals surface area contributed by atoms with Crippen LogP contribution in [0.3, 0.4) is 0 Å². The van der Waals surface area contributed by atoms with E-state index in [9.17, 15) is 14.4 Å². The number of hydrogen-bond acceptors (Lipinski definition) is 6. The zero-order valence-corrected chi connectivity index (χ0v) is 10.1. The molecule has 0 fully saturated rings. The van der Waals surface area contributed by atoms with E-state index in [1.807, 2.05) is 5.32 Å². The van der Waals surface area contributed by atoms with E-state index in [-0.39, 0.29) is 6.42 Å². The molecule has 10 heteroatoms. The predicted molar refractivity (Wildman–Crippen MR) is 61.8 cm³/mol. The topological polar surface area (TPSA) is 166 Å². The predicted octanol–water partition coefficient (Wildman–Crippen LogP) is -2.01. The van der Waals surface area contributed by atoms with Crippen molar-refractivity contribution in [2.24, 2.45) is 11.5 Å². The van der Waals surface area contributed by atoms with E-state index in [1.54, 1.807) is 0 Å². The summed E-state index contributed by atoms with van der Waals surface area (Å²) in [5.41, 5.74) is 10.5. The van der Waals surface area contributed by atoms with Gasteiger partial charge in [0.15, 0.2) is 0 Å². The molecule has 0 aliphatic heterocycles. The molecule has 0 radical (unpaired) electrons. The molecule has 0 saturated heterocycles. The molecule has 0 bridgehead atoms. The molecule has 3 amide bonds. The van der Waals surface area contributed by atoms with Gasteiger partial charge < -0.3 is 16.6 Å². The van der Waals surface area contributed by atoms with Crippen molar-refractivity contribution < 1.29 is 19.5 Å². The highest BCUT2D eigenvalue weighted by Gasteiger charge is 2.19. The Labute approximate surface area is 107 Å². The van der Waals surface area contributed by atoms with Gasteiger partial charge in [0, 0.05) is 12.6 Å². The highest BCUT2D eigenvalue weighted by molar-refractivity contribution is 5.95. The van der Waals surface area contributed by atoms with Crippen LogP contribution in [0.4, 0.5) is 4.79 Å². The molecule has 0 aliphatic rings. The molecule has 0 spiro atoms. The summed E-state index contributed by atoms with van der Waals surface area (Å²) in [4.78, 5) is 32.6. The quantitative estimate of drug-likeness (QED) is 0.479. The van der Waals surface area contributed by atoms with Crippen LogP contribution in [-0.2, 0) is 16.0 Å². The van der Waals surface area contributed by atoms with Crippen LogP contribution in [0.1, 0.15) is 18.7 Å². The van der Waals surface area contributed by atoms with Crippen molar-refractivity contribution in [2.45, 2.75) is 25.4 Å². The third-order valence-electron chi connectivity index (χ3n) is 2.33. The Balaban J connectivity index is 2.71. The lowest BCUT2D eigenvalue weighted by atomic mass is 10.2. The third kappa shape index (κ3) is 4.03. The van der Waals surface area contributed by atoms with Crippen LogP contribution in [0.5, 0.6) is 0 Å². The maximum Gasteiger partial charge on any atom is 0.320 e. The third-order valence-corrected chi connectivity index (χ3v) is 2.33. The van der Waals surface area contributed by atoms with Crippen molar-refractivity contribution in [3.63, 3.8) is 0 Å². The fraction of sp³-hybridized carbons (Fsp3) is 0.444. The maximum atomic E-state index is 11.5. The number of nitrogens with one attached hydrogen (secondary N) is 1. The molecule has 1 heterocycles. The molecule has 10 nitrogen and oxygen atoms in total. The van der Waals surface area contributed by atoms with Crippen LogP contribution in [0, 0.1) is 0 Å². The second-order valence-electron chi connectivity index (χ2n) is 3.87. The average molecular weight is 270 g/mol. The summed E-state index contributed by atoms with van der Waals surface area (Å²) in [6.45, 7) is 1.48. The first-order chi connectivity index (χ1) is 8.81. The van der Waals surface area contributed by atoms with Crippen LogP contribution < -0.4 is 16.8 Å². The van der Waals surface area contributed by atoms with E-state index in [1.165, 1.54) is 17.8 Å². The maximum absolute atomic E-state index is 11.5. The normalized spacial score (nSPS) is 13.6. The van der Waals surface area contributed by atoms with Crippen molar-refractivity contribution >= 4 is 17.9 Å². The van der Waals surface area contributed by atoms with Crippen molar-refractivity contribution in [3.8, 4) is 0 Å². The Morgan fingerprint density at radius 1 is 1.53 bits per heavy atom. The Kier molecular flexibility index (Phi) is 4.53. The molecular weight excluding hydrogens is 256 g/mol. The van der Waals surface area contributed by atoms with Gasteiger partial charge in [-0.2, -0.15) is 0 Å². The van der Waals surface area contributed by atoms with E-state index in [0.717, 1.165) is 0 Å². The zero-order valence-electron chi connectivity index (χ0n) is 10.1. The van der Waals surface area contributed by atoms with Gasteiger partial charge in [-0.1, -0.05) is 5.21 Å². The zero-order chi connectivity index (χ0) is 14.6. The molecule has 104 valence electrons. The van der Waals surface area contributed by atoms with Gasteiger partial charge in [-0.3, -0.25) is 14.9 Å². The van der Waals surface area contributed by atoms with Crippen LogP contribution in [0.2, 0.25) is 0 Å². The number of urea groups is 1. The number of nitrogens with zero attached hydrogens (tertiary/aromatic N) is 3. The van der Waals surface area contributed by atoms with Gasteiger partial charge in [-0.25, -0.2) is 9.48 Å². The number of aliphatic carboxylic acids is 1. The van der Waals surface area contributed by atoms with E-state index in [4.69, 9.17) is 16.6 Å². The Bertz CT molecular complexity index is 499. The first kappa shape index (κ1) is 14.6.